The molecule has 0 radical (unpaired) electrons. The van der Waals surface area contributed by atoms with Crippen LogP contribution in [0.2, 0.25) is 0 Å². The zero-order valence-electron chi connectivity index (χ0n) is 8.56. The van der Waals surface area contributed by atoms with Crippen LogP contribution < -0.4 is 0 Å². The summed E-state index contributed by atoms with van der Waals surface area (Å²) in [6.07, 6.45) is 3.17. The van der Waals surface area contributed by atoms with Gasteiger partial charge in [0.05, 0.1) is 5.56 Å². The number of amides is 1. The minimum Gasteiger partial charge on any atom is -0.286 e. The lowest BCUT2D eigenvalue weighted by Gasteiger charge is -2.10. The van der Waals surface area contributed by atoms with Gasteiger partial charge in [0.1, 0.15) is 0 Å². The SMILES string of the molecule is CC(C)c1cncc(C(=O)N(C)O)c1. The summed E-state index contributed by atoms with van der Waals surface area (Å²) >= 11 is 0. The third-order valence-corrected chi connectivity index (χ3v) is 1.97. The van der Waals surface area contributed by atoms with Crippen molar-refractivity contribution in [2.75, 3.05) is 7.05 Å². The van der Waals surface area contributed by atoms with Gasteiger partial charge >= 0.3 is 0 Å². The fraction of sp³-hybridized carbons (Fsp3) is 0.400. The van der Waals surface area contributed by atoms with Crippen molar-refractivity contribution >= 4 is 5.91 Å². The van der Waals surface area contributed by atoms with Gasteiger partial charge in [-0.15, -0.1) is 0 Å². The number of carbonyl (C=O) groups excluding carboxylic acids is 1. The van der Waals surface area contributed by atoms with E-state index in [1.807, 2.05) is 13.8 Å². The zero-order valence-corrected chi connectivity index (χ0v) is 8.56. The maximum atomic E-state index is 11.4. The van der Waals surface area contributed by atoms with Gasteiger partial charge in [0, 0.05) is 19.4 Å². The molecule has 0 atom stereocenters. The topological polar surface area (TPSA) is 53.4 Å². The minimum absolute atomic E-state index is 0.319. The molecule has 1 heterocycles. The van der Waals surface area contributed by atoms with Crippen LogP contribution in [0.5, 0.6) is 0 Å². The summed E-state index contributed by atoms with van der Waals surface area (Å²) in [5, 5.41) is 9.52. The van der Waals surface area contributed by atoms with Crippen LogP contribution in [0.25, 0.3) is 0 Å². The monoisotopic (exact) mass is 194 g/mol. The highest BCUT2D eigenvalue weighted by Crippen LogP contribution is 2.14. The van der Waals surface area contributed by atoms with E-state index in [9.17, 15) is 4.79 Å². The number of nitrogens with zero attached hydrogens (tertiary/aromatic N) is 2. The Morgan fingerprint density at radius 1 is 1.50 bits per heavy atom. The van der Waals surface area contributed by atoms with Crippen LogP contribution in [0.4, 0.5) is 0 Å². The summed E-state index contributed by atoms with van der Waals surface area (Å²) in [5.74, 6) is -0.126. The number of pyridine rings is 1. The molecule has 0 saturated carbocycles. The lowest BCUT2D eigenvalue weighted by molar-refractivity contribution is -0.0375. The number of aromatic nitrogens is 1. The molecule has 0 bridgehead atoms. The Balaban J connectivity index is 3.00. The van der Waals surface area contributed by atoms with E-state index in [-0.39, 0.29) is 0 Å². The molecule has 14 heavy (non-hydrogen) atoms. The molecule has 0 aromatic carbocycles. The van der Waals surface area contributed by atoms with Crippen molar-refractivity contribution in [3.8, 4) is 0 Å². The van der Waals surface area contributed by atoms with Crippen LogP contribution >= 0.6 is 0 Å². The lowest BCUT2D eigenvalue weighted by atomic mass is 10.0. The predicted molar refractivity (Wildman–Crippen MR) is 52.2 cm³/mol. The normalized spacial score (nSPS) is 10.4. The molecule has 1 amide bonds. The summed E-state index contributed by atoms with van der Waals surface area (Å²) in [6, 6.07) is 1.74. The van der Waals surface area contributed by atoms with Crippen molar-refractivity contribution < 1.29 is 10.0 Å². The maximum absolute atomic E-state index is 11.4. The van der Waals surface area contributed by atoms with Crippen molar-refractivity contribution in [1.29, 1.82) is 0 Å². The van der Waals surface area contributed by atoms with Crippen molar-refractivity contribution in [3.05, 3.63) is 29.6 Å². The van der Waals surface area contributed by atoms with E-state index in [4.69, 9.17) is 5.21 Å². The Bertz CT molecular complexity index is 335. The Morgan fingerprint density at radius 2 is 2.14 bits per heavy atom. The first-order chi connectivity index (χ1) is 6.52. The first-order valence-corrected chi connectivity index (χ1v) is 4.44. The predicted octanol–water partition coefficient (Wildman–Crippen LogP) is 1.67. The van der Waals surface area contributed by atoms with Gasteiger partial charge in [-0.1, -0.05) is 13.8 Å². The highest BCUT2D eigenvalue weighted by Gasteiger charge is 2.11. The summed E-state index contributed by atoms with van der Waals surface area (Å²) in [4.78, 5) is 15.3. The van der Waals surface area contributed by atoms with Crippen LogP contribution in [0.3, 0.4) is 0 Å². The highest BCUT2D eigenvalue weighted by molar-refractivity contribution is 5.93. The molecule has 76 valence electrons. The second-order valence-corrected chi connectivity index (χ2v) is 3.49. The van der Waals surface area contributed by atoms with Gasteiger partial charge in [-0.3, -0.25) is 15.0 Å². The maximum Gasteiger partial charge on any atom is 0.278 e. The average molecular weight is 194 g/mol. The van der Waals surface area contributed by atoms with Gasteiger partial charge in [0.2, 0.25) is 0 Å². The van der Waals surface area contributed by atoms with E-state index >= 15 is 0 Å². The lowest BCUT2D eigenvalue weighted by Crippen LogP contribution is -2.22. The first kappa shape index (κ1) is 10.7. The third-order valence-electron chi connectivity index (χ3n) is 1.97. The van der Waals surface area contributed by atoms with Gasteiger partial charge in [-0.05, 0) is 17.5 Å². The number of hydrogen-bond acceptors (Lipinski definition) is 3. The molecule has 1 rings (SSSR count). The van der Waals surface area contributed by atoms with Gasteiger partial charge in [-0.25, -0.2) is 5.06 Å². The van der Waals surface area contributed by atoms with Crippen molar-refractivity contribution in [1.82, 2.24) is 10.0 Å². The molecule has 0 spiro atoms. The molecule has 0 fully saturated rings. The molecule has 0 unspecified atom stereocenters. The van der Waals surface area contributed by atoms with E-state index in [1.54, 1.807) is 12.3 Å². The molecule has 4 nitrogen and oxygen atoms in total. The molecule has 1 N–H and O–H groups in total. The molecular weight excluding hydrogens is 180 g/mol. The number of hydrogen-bond donors (Lipinski definition) is 1. The quantitative estimate of drug-likeness (QED) is 0.575. The Labute approximate surface area is 83.1 Å². The summed E-state index contributed by atoms with van der Waals surface area (Å²) in [5.41, 5.74) is 1.39. The Morgan fingerprint density at radius 3 is 2.64 bits per heavy atom. The van der Waals surface area contributed by atoms with Crippen molar-refractivity contribution in [3.63, 3.8) is 0 Å². The van der Waals surface area contributed by atoms with Gasteiger partial charge < -0.3 is 0 Å². The van der Waals surface area contributed by atoms with Crippen molar-refractivity contribution in [2.45, 2.75) is 19.8 Å². The number of hydroxylamine groups is 2. The Kier molecular flexibility index (Phi) is 3.19. The molecule has 0 aliphatic carbocycles. The second kappa shape index (κ2) is 4.19. The van der Waals surface area contributed by atoms with E-state index < -0.39 is 5.91 Å². The number of carbonyl (C=O) groups is 1. The van der Waals surface area contributed by atoms with Crippen LogP contribution in [0.1, 0.15) is 35.7 Å². The van der Waals surface area contributed by atoms with Crippen LogP contribution in [-0.2, 0) is 0 Å². The largest absolute Gasteiger partial charge is 0.286 e. The fourth-order valence-electron chi connectivity index (χ4n) is 1.08. The highest BCUT2D eigenvalue weighted by atomic mass is 16.5. The molecule has 0 aliphatic rings. The van der Waals surface area contributed by atoms with Crippen LogP contribution in [0.15, 0.2) is 18.5 Å². The first-order valence-electron chi connectivity index (χ1n) is 4.44. The van der Waals surface area contributed by atoms with E-state index in [0.717, 1.165) is 5.56 Å². The second-order valence-electron chi connectivity index (χ2n) is 3.49. The zero-order chi connectivity index (χ0) is 10.7. The van der Waals surface area contributed by atoms with E-state index in [0.29, 0.717) is 16.5 Å². The Hall–Kier alpha value is -1.42. The molecular formula is C10H14N2O2. The summed E-state index contributed by atoms with van der Waals surface area (Å²) in [6.45, 7) is 4.04. The fourth-order valence-corrected chi connectivity index (χ4v) is 1.08. The minimum atomic E-state index is -0.444. The standard InChI is InChI=1S/C10H14N2O2/c1-7(2)8-4-9(6-11-5-8)10(13)12(3)14/h4-7,14H,1-3H3. The summed E-state index contributed by atoms with van der Waals surface area (Å²) in [7, 11) is 1.30. The summed E-state index contributed by atoms with van der Waals surface area (Å²) < 4.78 is 0. The molecule has 4 heteroatoms. The smallest absolute Gasteiger partial charge is 0.278 e. The van der Waals surface area contributed by atoms with Gasteiger partial charge in [0.15, 0.2) is 0 Å². The average Bonchev–Trinajstić information content (AvgIpc) is 2.16. The van der Waals surface area contributed by atoms with Gasteiger partial charge in [0.25, 0.3) is 5.91 Å². The van der Waals surface area contributed by atoms with Crippen LogP contribution in [0, 0.1) is 0 Å². The van der Waals surface area contributed by atoms with Crippen molar-refractivity contribution in [2.24, 2.45) is 0 Å². The third kappa shape index (κ3) is 2.29. The van der Waals surface area contributed by atoms with Crippen LogP contribution in [-0.4, -0.2) is 28.2 Å². The van der Waals surface area contributed by atoms with E-state index in [1.165, 1.54) is 13.2 Å². The van der Waals surface area contributed by atoms with Gasteiger partial charge in [-0.2, -0.15) is 0 Å². The molecule has 0 aliphatic heterocycles. The molecule has 1 aromatic rings. The molecule has 1 aromatic heterocycles. The van der Waals surface area contributed by atoms with E-state index in [2.05, 4.69) is 4.98 Å². The molecule has 0 saturated heterocycles. The number of rotatable bonds is 2.